The molecule has 0 spiro atoms. The fraction of sp³-hybridized carbons (Fsp3) is 0.571. The van der Waals surface area contributed by atoms with Crippen molar-refractivity contribution in [3.8, 4) is 5.75 Å². The lowest BCUT2D eigenvalue weighted by atomic mass is 9.99. The Balaban J connectivity index is 1.92. The minimum absolute atomic E-state index is 0.0767. The van der Waals surface area contributed by atoms with Gasteiger partial charge in [-0.15, -0.1) is 0 Å². The van der Waals surface area contributed by atoms with Gasteiger partial charge in [-0.1, -0.05) is 6.07 Å². The monoisotopic (exact) mass is 233 g/mol. The Kier molecular flexibility index (Phi) is 2.42. The lowest BCUT2D eigenvalue weighted by molar-refractivity contribution is -0.0466. The zero-order valence-corrected chi connectivity index (χ0v) is 10.6. The Labute approximate surface area is 102 Å². The van der Waals surface area contributed by atoms with Gasteiger partial charge in [0, 0.05) is 11.6 Å². The molecule has 0 bridgehead atoms. The average Bonchev–Trinajstić information content (AvgIpc) is 2.63. The standard InChI is InChI=1S/C14H19NO2/c1-14(2)8-17-13-11-7-10(16-3)5-4-9(11)6-12(13)15-14/h4-5,7,12-13,15H,6,8H2,1-3H3. The molecule has 92 valence electrons. The predicted octanol–water partition coefficient (Wildman–Crippen LogP) is 2.06. The topological polar surface area (TPSA) is 30.5 Å². The quantitative estimate of drug-likeness (QED) is 0.805. The fourth-order valence-corrected chi connectivity index (χ4v) is 2.89. The second kappa shape index (κ2) is 3.72. The summed E-state index contributed by atoms with van der Waals surface area (Å²) in [6, 6.07) is 6.70. The zero-order valence-electron chi connectivity index (χ0n) is 10.6. The van der Waals surface area contributed by atoms with Crippen LogP contribution in [0.2, 0.25) is 0 Å². The second-order valence-electron chi connectivity index (χ2n) is 5.64. The molecule has 3 nitrogen and oxygen atoms in total. The molecule has 0 saturated carbocycles. The van der Waals surface area contributed by atoms with Crippen LogP contribution in [0.4, 0.5) is 0 Å². The minimum atomic E-state index is 0.0767. The molecular formula is C14H19NO2. The summed E-state index contributed by atoms with van der Waals surface area (Å²) in [6.45, 7) is 5.13. The van der Waals surface area contributed by atoms with Crippen LogP contribution in [-0.4, -0.2) is 25.3 Å². The highest BCUT2D eigenvalue weighted by atomic mass is 16.5. The summed E-state index contributed by atoms with van der Waals surface area (Å²) in [6.07, 6.45) is 1.24. The molecule has 3 rings (SSSR count). The molecule has 1 heterocycles. The average molecular weight is 233 g/mol. The van der Waals surface area contributed by atoms with E-state index in [0.29, 0.717) is 6.04 Å². The first-order valence-corrected chi connectivity index (χ1v) is 6.15. The molecule has 1 aromatic carbocycles. The Morgan fingerprint density at radius 3 is 3.00 bits per heavy atom. The van der Waals surface area contributed by atoms with Gasteiger partial charge in [-0.05, 0) is 43.5 Å². The Hall–Kier alpha value is -1.06. The lowest BCUT2D eigenvalue weighted by Crippen LogP contribution is -2.55. The first kappa shape index (κ1) is 11.1. The fourth-order valence-electron chi connectivity index (χ4n) is 2.89. The van der Waals surface area contributed by atoms with Gasteiger partial charge in [0.15, 0.2) is 0 Å². The number of hydrogen-bond acceptors (Lipinski definition) is 3. The maximum Gasteiger partial charge on any atom is 0.119 e. The first-order chi connectivity index (χ1) is 8.09. The number of benzene rings is 1. The first-order valence-electron chi connectivity index (χ1n) is 6.15. The summed E-state index contributed by atoms with van der Waals surface area (Å²) in [5, 5.41) is 3.67. The largest absolute Gasteiger partial charge is 0.497 e. The van der Waals surface area contributed by atoms with E-state index in [-0.39, 0.29) is 11.6 Å². The third-order valence-corrected chi connectivity index (χ3v) is 3.66. The highest BCUT2D eigenvalue weighted by molar-refractivity contribution is 5.42. The number of methoxy groups -OCH3 is 1. The molecule has 0 radical (unpaired) electrons. The van der Waals surface area contributed by atoms with Crippen LogP contribution in [0, 0.1) is 0 Å². The molecule has 1 saturated heterocycles. The molecule has 1 aliphatic heterocycles. The Morgan fingerprint density at radius 1 is 1.41 bits per heavy atom. The van der Waals surface area contributed by atoms with Crippen LogP contribution in [0.15, 0.2) is 18.2 Å². The molecule has 2 unspecified atom stereocenters. The van der Waals surface area contributed by atoms with E-state index in [1.54, 1.807) is 7.11 Å². The van der Waals surface area contributed by atoms with Crippen LogP contribution in [0.5, 0.6) is 5.75 Å². The van der Waals surface area contributed by atoms with Gasteiger partial charge < -0.3 is 14.8 Å². The summed E-state index contributed by atoms with van der Waals surface area (Å²) in [5.41, 5.74) is 2.75. The van der Waals surface area contributed by atoms with Crippen molar-refractivity contribution in [1.29, 1.82) is 0 Å². The maximum atomic E-state index is 6.03. The van der Waals surface area contributed by atoms with Gasteiger partial charge in [0.05, 0.1) is 19.8 Å². The maximum absolute atomic E-state index is 6.03. The molecule has 1 fully saturated rings. The van der Waals surface area contributed by atoms with Gasteiger partial charge in [0.1, 0.15) is 5.75 Å². The van der Waals surface area contributed by atoms with Gasteiger partial charge in [-0.2, -0.15) is 0 Å². The van der Waals surface area contributed by atoms with Crippen LogP contribution in [0.1, 0.15) is 31.1 Å². The molecule has 0 aromatic heterocycles. The van der Waals surface area contributed by atoms with Crippen LogP contribution in [0.3, 0.4) is 0 Å². The van der Waals surface area contributed by atoms with Crippen LogP contribution in [0.25, 0.3) is 0 Å². The van der Waals surface area contributed by atoms with E-state index in [4.69, 9.17) is 9.47 Å². The molecule has 3 heteroatoms. The van der Waals surface area contributed by atoms with Crippen molar-refractivity contribution in [2.75, 3.05) is 13.7 Å². The number of rotatable bonds is 1. The number of nitrogens with one attached hydrogen (secondary N) is 1. The van der Waals surface area contributed by atoms with Gasteiger partial charge >= 0.3 is 0 Å². The van der Waals surface area contributed by atoms with Crippen molar-refractivity contribution in [2.45, 2.75) is 38.0 Å². The van der Waals surface area contributed by atoms with E-state index in [1.165, 1.54) is 11.1 Å². The van der Waals surface area contributed by atoms with Gasteiger partial charge in [0.2, 0.25) is 0 Å². The zero-order chi connectivity index (χ0) is 12.0. The van der Waals surface area contributed by atoms with Crippen LogP contribution < -0.4 is 10.1 Å². The van der Waals surface area contributed by atoms with Crippen LogP contribution in [-0.2, 0) is 11.2 Å². The van der Waals surface area contributed by atoms with Gasteiger partial charge in [-0.25, -0.2) is 0 Å². The third-order valence-electron chi connectivity index (χ3n) is 3.66. The van der Waals surface area contributed by atoms with Gasteiger partial charge in [-0.3, -0.25) is 0 Å². The summed E-state index contributed by atoms with van der Waals surface area (Å²) in [4.78, 5) is 0. The number of morpholine rings is 1. The summed E-state index contributed by atoms with van der Waals surface area (Å²) >= 11 is 0. The molecule has 0 amide bonds. The van der Waals surface area contributed by atoms with Crippen LogP contribution >= 0.6 is 0 Å². The second-order valence-corrected chi connectivity index (χ2v) is 5.64. The lowest BCUT2D eigenvalue weighted by Gasteiger charge is -2.39. The normalized spacial score (nSPS) is 29.6. The SMILES string of the molecule is COc1ccc2c(c1)C1OCC(C)(C)NC1C2. The van der Waals surface area contributed by atoms with Crippen molar-refractivity contribution in [2.24, 2.45) is 0 Å². The number of hydrogen-bond donors (Lipinski definition) is 1. The smallest absolute Gasteiger partial charge is 0.119 e. The van der Waals surface area contributed by atoms with Crippen molar-refractivity contribution in [3.63, 3.8) is 0 Å². The van der Waals surface area contributed by atoms with E-state index in [2.05, 4.69) is 31.3 Å². The highest BCUT2D eigenvalue weighted by Crippen LogP contribution is 2.39. The molecule has 1 aliphatic carbocycles. The molecule has 1 aromatic rings. The number of ether oxygens (including phenoxy) is 2. The van der Waals surface area contributed by atoms with E-state index < -0.39 is 0 Å². The Bertz CT molecular complexity index is 442. The molecule has 17 heavy (non-hydrogen) atoms. The number of fused-ring (bicyclic) bond motifs is 3. The summed E-state index contributed by atoms with van der Waals surface area (Å²) < 4.78 is 11.3. The van der Waals surface area contributed by atoms with Crippen molar-refractivity contribution in [1.82, 2.24) is 5.32 Å². The molecule has 2 aliphatic rings. The van der Waals surface area contributed by atoms with E-state index in [0.717, 1.165) is 18.8 Å². The van der Waals surface area contributed by atoms with Gasteiger partial charge in [0.25, 0.3) is 0 Å². The van der Waals surface area contributed by atoms with Crippen molar-refractivity contribution >= 4 is 0 Å². The molecule has 2 atom stereocenters. The Morgan fingerprint density at radius 2 is 2.24 bits per heavy atom. The minimum Gasteiger partial charge on any atom is -0.497 e. The predicted molar refractivity (Wildman–Crippen MR) is 66.4 cm³/mol. The molecular weight excluding hydrogens is 214 g/mol. The third kappa shape index (κ3) is 1.83. The summed E-state index contributed by atoms with van der Waals surface area (Å²) in [7, 11) is 1.71. The van der Waals surface area contributed by atoms with E-state index in [9.17, 15) is 0 Å². The van der Waals surface area contributed by atoms with E-state index in [1.807, 2.05) is 6.07 Å². The van der Waals surface area contributed by atoms with E-state index >= 15 is 0 Å². The van der Waals surface area contributed by atoms with Crippen molar-refractivity contribution < 1.29 is 9.47 Å². The molecule has 1 N–H and O–H groups in total. The van der Waals surface area contributed by atoms with Crippen molar-refractivity contribution in [3.05, 3.63) is 29.3 Å². The highest BCUT2D eigenvalue weighted by Gasteiger charge is 2.41. The summed E-state index contributed by atoms with van der Waals surface area (Å²) in [5.74, 6) is 0.915.